The molecule has 0 spiro atoms. The van der Waals surface area contributed by atoms with Crippen molar-refractivity contribution in [2.45, 2.75) is 77.0 Å². The largest absolute Gasteiger partial charge is 0.458 e. The van der Waals surface area contributed by atoms with Gasteiger partial charge in [0, 0.05) is 35.3 Å². The number of nitrogens with one attached hydrogen (secondary N) is 1. The molecular weight excluding hydrogens is 554 g/mol. The van der Waals surface area contributed by atoms with E-state index in [0.717, 1.165) is 24.0 Å². The first kappa shape index (κ1) is 29.6. The molecule has 5 aliphatic rings. The molecule has 1 aromatic rings. The van der Waals surface area contributed by atoms with Crippen molar-refractivity contribution in [3.63, 3.8) is 0 Å². The highest BCUT2D eigenvalue weighted by atomic mass is 16.7. The van der Waals surface area contributed by atoms with Gasteiger partial charge in [0.1, 0.15) is 5.60 Å². The summed E-state index contributed by atoms with van der Waals surface area (Å²) >= 11 is 0. The summed E-state index contributed by atoms with van der Waals surface area (Å²) in [6.45, 7) is 3.70. The van der Waals surface area contributed by atoms with Crippen LogP contribution in [0.15, 0.2) is 42.0 Å². The molecule has 230 valence electrons. The van der Waals surface area contributed by atoms with Crippen LogP contribution in [0.25, 0.3) is 0 Å². The number of hydrogen-bond donors (Lipinski definition) is 3. The number of ether oxygens (including phenoxy) is 3. The summed E-state index contributed by atoms with van der Waals surface area (Å²) in [6.07, 6.45) is 6.71. The number of allylic oxidation sites excluding steroid dienone is 4. The smallest absolute Gasteiger partial charge is 0.306 e. The molecule has 3 N–H and O–H groups in total. The number of Topliss-reactive ketones (excluding diaryl/α,β-unsaturated/α-hetero) is 1. The lowest BCUT2D eigenvalue weighted by atomic mass is 9.46. The number of hydrogen-bond acceptors (Lipinski definition) is 9. The zero-order chi connectivity index (χ0) is 30.6. The van der Waals surface area contributed by atoms with Crippen molar-refractivity contribution < 1.29 is 43.6 Å². The second-order valence-corrected chi connectivity index (χ2v) is 13.1. The Morgan fingerprint density at radius 3 is 2.77 bits per heavy atom. The first-order valence-electron chi connectivity index (χ1n) is 15.1. The Bertz CT molecular complexity index is 1420. The molecule has 6 rings (SSSR count). The van der Waals surface area contributed by atoms with Crippen LogP contribution in [0.2, 0.25) is 0 Å². The predicted octanol–water partition coefficient (Wildman–Crippen LogP) is 2.93. The van der Waals surface area contributed by atoms with Gasteiger partial charge < -0.3 is 29.7 Å². The summed E-state index contributed by atoms with van der Waals surface area (Å²) in [5.41, 5.74) is -1.25. The van der Waals surface area contributed by atoms with Gasteiger partial charge in [-0.2, -0.15) is 0 Å². The Kier molecular flexibility index (Phi) is 7.49. The van der Waals surface area contributed by atoms with Gasteiger partial charge in [-0.15, -0.1) is 0 Å². The third-order valence-electron chi connectivity index (χ3n) is 11.0. The van der Waals surface area contributed by atoms with Crippen molar-refractivity contribution in [2.24, 2.45) is 28.6 Å². The summed E-state index contributed by atoms with van der Waals surface area (Å²) in [7, 11) is 0. The lowest BCUT2D eigenvalue weighted by Gasteiger charge is -2.59. The SMILES string of the molecule is C[C@]12C=CC(=O)C=C1CC[C@H]1[C@H]2[C@@H](O)C[C@@]2(C)[C@H]1CC[C@]2(O)C(=O)COC(=O)CCC(=O)NCc1cccc2c1OCO2. The second kappa shape index (κ2) is 10.9. The van der Waals surface area contributed by atoms with Crippen LogP contribution in [0.5, 0.6) is 11.5 Å². The number of benzene rings is 1. The molecule has 1 aromatic carbocycles. The topological polar surface area (TPSA) is 148 Å². The standard InChI is InChI=1S/C33H39NO9/c1-31-12-10-21(35)14-20(31)6-7-22-23-11-13-33(40,32(23,2)15-24(36)29(22)31)26(37)17-41-28(39)9-8-27(38)34-16-19-4-3-5-25-30(19)43-18-42-25/h3-5,10,12,14,22-24,29,36,40H,6-9,11,13,15-18H2,1-2H3,(H,34,38)/t22-,23+,24+,29+,31+,32+,33+/m1/s1. The third-order valence-corrected chi connectivity index (χ3v) is 11.0. The van der Waals surface area contributed by atoms with Crippen molar-refractivity contribution in [1.82, 2.24) is 5.32 Å². The third kappa shape index (κ3) is 4.88. The fraction of sp³-hybridized carbons (Fsp3) is 0.576. The molecule has 1 heterocycles. The van der Waals surface area contributed by atoms with Crippen LogP contribution in [0.4, 0.5) is 0 Å². The van der Waals surface area contributed by atoms with E-state index in [1.807, 2.05) is 19.1 Å². The summed E-state index contributed by atoms with van der Waals surface area (Å²) in [5, 5.41) is 26.1. The monoisotopic (exact) mass is 593 g/mol. The van der Waals surface area contributed by atoms with Crippen LogP contribution in [-0.2, 0) is 30.5 Å². The maximum atomic E-state index is 13.4. The van der Waals surface area contributed by atoms with Gasteiger partial charge in [0.15, 0.2) is 23.9 Å². The van der Waals surface area contributed by atoms with E-state index >= 15 is 0 Å². The molecule has 3 saturated carbocycles. The van der Waals surface area contributed by atoms with Crippen molar-refractivity contribution in [2.75, 3.05) is 13.4 Å². The maximum absolute atomic E-state index is 13.4. The molecule has 10 heteroatoms. The molecule has 0 saturated heterocycles. The van der Waals surface area contributed by atoms with Crippen molar-refractivity contribution in [3.05, 3.63) is 47.6 Å². The summed E-state index contributed by atoms with van der Waals surface area (Å²) in [6, 6.07) is 5.40. The highest BCUT2D eigenvalue weighted by Crippen LogP contribution is 2.67. The number of aliphatic hydroxyl groups is 2. The Morgan fingerprint density at radius 1 is 1.14 bits per heavy atom. The van der Waals surface area contributed by atoms with Crippen molar-refractivity contribution in [3.8, 4) is 11.5 Å². The van der Waals surface area contributed by atoms with Gasteiger partial charge in [-0.25, -0.2) is 0 Å². The molecule has 4 aliphatic carbocycles. The van der Waals surface area contributed by atoms with Crippen LogP contribution in [0.1, 0.15) is 64.4 Å². The predicted molar refractivity (Wildman–Crippen MR) is 153 cm³/mol. The first-order valence-corrected chi connectivity index (χ1v) is 15.1. The number of esters is 1. The first-order chi connectivity index (χ1) is 20.5. The fourth-order valence-corrected chi connectivity index (χ4v) is 8.75. The van der Waals surface area contributed by atoms with E-state index in [2.05, 4.69) is 12.2 Å². The normalized spacial score (nSPS) is 35.3. The fourth-order valence-electron chi connectivity index (χ4n) is 8.75. The van der Waals surface area contributed by atoms with Crippen LogP contribution < -0.4 is 14.8 Å². The molecule has 7 atom stereocenters. The quantitative estimate of drug-likeness (QED) is 0.387. The molecule has 0 unspecified atom stereocenters. The van der Waals surface area contributed by atoms with Crippen LogP contribution in [0, 0.1) is 28.6 Å². The average molecular weight is 594 g/mol. The molecule has 1 amide bonds. The van der Waals surface area contributed by atoms with Gasteiger partial charge in [-0.1, -0.05) is 37.6 Å². The van der Waals surface area contributed by atoms with E-state index in [9.17, 15) is 29.4 Å². The zero-order valence-electron chi connectivity index (χ0n) is 24.6. The molecular formula is C33H39NO9. The minimum atomic E-state index is -1.74. The number of amides is 1. The van der Waals surface area contributed by atoms with Gasteiger partial charge in [-0.05, 0) is 62.2 Å². The minimum Gasteiger partial charge on any atom is -0.458 e. The lowest BCUT2D eigenvalue weighted by Crippen LogP contribution is -2.61. The Balaban J connectivity index is 1.03. The number of fused-ring (bicyclic) bond motifs is 6. The summed E-state index contributed by atoms with van der Waals surface area (Å²) in [5.74, 6) is -0.495. The van der Waals surface area contributed by atoms with Gasteiger partial charge in [0.2, 0.25) is 18.5 Å². The molecule has 3 fully saturated rings. The average Bonchev–Trinajstić information content (AvgIpc) is 3.56. The Labute approximate surface area is 250 Å². The van der Waals surface area contributed by atoms with Crippen LogP contribution >= 0.6 is 0 Å². The van der Waals surface area contributed by atoms with E-state index in [1.165, 1.54) is 0 Å². The molecule has 0 aromatic heterocycles. The van der Waals surface area contributed by atoms with Crippen LogP contribution in [0.3, 0.4) is 0 Å². The van der Waals surface area contributed by atoms with Crippen molar-refractivity contribution >= 4 is 23.4 Å². The van der Waals surface area contributed by atoms with E-state index < -0.39 is 40.9 Å². The molecule has 0 radical (unpaired) electrons. The molecule has 0 bridgehead atoms. The highest BCUT2D eigenvalue weighted by Gasteiger charge is 2.68. The minimum absolute atomic E-state index is 0.00135. The highest BCUT2D eigenvalue weighted by molar-refractivity contribution is 6.01. The maximum Gasteiger partial charge on any atom is 0.306 e. The molecule has 1 aliphatic heterocycles. The number of para-hydroxylation sites is 1. The van der Waals surface area contributed by atoms with Gasteiger partial charge in [-0.3, -0.25) is 19.2 Å². The zero-order valence-corrected chi connectivity index (χ0v) is 24.6. The van der Waals surface area contributed by atoms with Gasteiger partial charge in [0.05, 0.1) is 12.5 Å². The van der Waals surface area contributed by atoms with Gasteiger partial charge >= 0.3 is 5.97 Å². The number of carbonyl (C=O) groups excluding carboxylic acids is 4. The van der Waals surface area contributed by atoms with E-state index in [4.69, 9.17) is 14.2 Å². The van der Waals surface area contributed by atoms with Crippen molar-refractivity contribution in [1.29, 1.82) is 0 Å². The summed E-state index contributed by atoms with van der Waals surface area (Å²) < 4.78 is 16.0. The number of carbonyl (C=O) groups is 4. The van der Waals surface area contributed by atoms with E-state index in [1.54, 1.807) is 24.3 Å². The lowest BCUT2D eigenvalue weighted by molar-refractivity contribution is -0.181. The van der Waals surface area contributed by atoms with Crippen LogP contribution in [-0.4, -0.2) is 58.8 Å². The molecule has 43 heavy (non-hydrogen) atoms. The number of aliphatic hydroxyl groups excluding tert-OH is 1. The molecule has 10 nitrogen and oxygen atoms in total. The van der Waals surface area contributed by atoms with Gasteiger partial charge in [0.25, 0.3) is 0 Å². The Morgan fingerprint density at radius 2 is 1.95 bits per heavy atom. The summed E-state index contributed by atoms with van der Waals surface area (Å²) in [4.78, 5) is 50.3. The van der Waals surface area contributed by atoms with E-state index in [0.29, 0.717) is 17.9 Å². The number of rotatable bonds is 8. The van der Waals surface area contributed by atoms with E-state index in [-0.39, 0.29) is 68.5 Å². The number of ketones is 2. The second-order valence-electron chi connectivity index (χ2n) is 13.1. The Hall–Kier alpha value is -3.50.